The zero-order valence-electron chi connectivity index (χ0n) is 7.99. The van der Waals surface area contributed by atoms with Crippen LogP contribution in [-0.4, -0.2) is 17.3 Å². The predicted octanol–water partition coefficient (Wildman–Crippen LogP) is 1.32. The van der Waals surface area contributed by atoms with E-state index in [1.54, 1.807) is 6.92 Å². The summed E-state index contributed by atoms with van der Waals surface area (Å²) in [6.45, 7) is 2.78. The van der Waals surface area contributed by atoms with Gasteiger partial charge in [-0.05, 0) is 13.0 Å². The molecule has 0 aliphatic heterocycles. The normalized spacial score (nSPS) is 9.86. The second kappa shape index (κ2) is 4.00. The summed E-state index contributed by atoms with van der Waals surface area (Å²) < 4.78 is 4.91. The molecule has 0 aromatic carbocycles. The van der Waals surface area contributed by atoms with Crippen LogP contribution in [0, 0.1) is 6.92 Å². The highest BCUT2D eigenvalue weighted by Gasteiger charge is 2.17. The molecule has 74 valence electrons. The van der Waals surface area contributed by atoms with Crippen molar-refractivity contribution in [1.29, 1.82) is 0 Å². The van der Waals surface area contributed by atoms with Crippen LogP contribution in [0.25, 0.3) is 0 Å². The first-order valence-corrected chi connectivity index (χ1v) is 4.13. The van der Waals surface area contributed by atoms with Crippen molar-refractivity contribution >= 4 is 17.3 Å². The molecule has 0 atom stereocenters. The first-order chi connectivity index (χ1) is 6.52. The van der Waals surface area contributed by atoms with Crippen molar-refractivity contribution < 1.29 is 18.8 Å². The highest BCUT2D eigenvalue weighted by Crippen LogP contribution is 2.11. The molecule has 0 saturated heterocycles. The van der Waals surface area contributed by atoms with Gasteiger partial charge in [0.05, 0.1) is 18.2 Å². The monoisotopic (exact) mass is 194 g/mol. The SMILES string of the molecule is CC(=O)C(=O)CC(=O)c1ccoc1C. The first-order valence-electron chi connectivity index (χ1n) is 4.13. The van der Waals surface area contributed by atoms with E-state index in [9.17, 15) is 14.4 Å². The Labute approximate surface area is 80.9 Å². The fourth-order valence-corrected chi connectivity index (χ4v) is 1.04. The molecule has 4 heteroatoms. The quantitative estimate of drug-likeness (QED) is 0.412. The van der Waals surface area contributed by atoms with Crippen molar-refractivity contribution in [3.05, 3.63) is 23.7 Å². The summed E-state index contributed by atoms with van der Waals surface area (Å²) in [5, 5.41) is 0. The Hall–Kier alpha value is -1.71. The highest BCUT2D eigenvalue weighted by molar-refractivity contribution is 6.40. The van der Waals surface area contributed by atoms with Gasteiger partial charge in [0, 0.05) is 6.92 Å². The molecule has 0 saturated carbocycles. The van der Waals surface area contributed by atoms with Crippen LogP contribution in [0.15, 0.2) is 16.7 Å². The summed E-state index contributed by atoms with van der Waals surface area (Å²) in [6, 6.07) is 1.49. The minimum atomic E-state index is -0.671. The van der Waals surface area contributed by atoms with Crippen LogP contribution in [0.1, 0.15) is 29.5 Å². The summed E-state index contributed by atoms with van der Waals surface area (Å²) in [5.74, 6) is -1.18. The van der Waals surface area contributed by atoms with Crippen molar-refractivity contribution in [3.63, 3.8) is 0 Å². The van der Waals surface area contributed by atoms with Crippen LogP contribution in [0.5, 0.6) is 0 Å². The Bertz CT molecular complexity index is 387. The van der Waals surface area contributed by atoms with Crippen molar-refractivity contribution in [3.8, 4) is 0 Å². The zero-order chi connectivity index (χ0) is 10.7. The minimum Gasteiger partial charge on any atom is -0.469 e. The molecule has 1 rings (SSSR count). The largest absolute Gasteiger partial charge is 0.469 e. The average Bonchev–Trinajstić information content (AvgIpc) is 2.51. The molecule has 0 spiro atoms. The minimum absolute atomic E-state index is 0.361. The van der Waals surface area contributed by atoms with Gasteiger partial charge in [0.25, 0.3) is 0 Å². The third kappa shape index (κ3) is 2.16. The Kier molecular flexibility index (Phi) is 2.96. The van der Waals surface area contributed by atoms with E-state index in [1.807, 2.05) is 0 Å². The lowest BCUT2D eigenvalue weighted by molar-refractivity contribution is -0.134. The Morgan fingerprint density at radius 1 is 1.36 bits per heavy atom. The number of Topliss-reactive ketones (excluding diaryl/α,β-unsaturated/α-hetero) is 3. The van der Waals surface area contributed by atoms with Gasteiger partial charge in [0.1, 0.15) is 5.76 Å². The van der Waals surface area contributed by atoms with Gasteiger partial charge in [-0.25, -0.2) is 0 Å². The highest BCUT2D eigenvalue weighted by atomic mass is 16.3. The number of carbonyl (C=O) groups is 3. The molecule has 1 aromatic heterocycles. The Morgan fingerprint density at radius 2 is 2.00 bits per heavy atom. The van der Waals surface area contributed by atoms with Crippen LogP contribution >= 0.6 is 0 Å². The summed E-state index contributed by atoms with van der Waals surface area (Å²) in [5.41, 5.74) is 0.361. The van der Waals surface area contributed by atoms with E-state index in [2.05, 4.69) is 0 Å². The maximum absolute atomic E-state index is 11.4. The molecular weight excluding hydrogens is 184 g/mol. The molecule has 0 aliphatic carbocycles. The molecule has 0 aliphatic rings. The molecular formula is C10H10O4. The average molecular weight is 194 g/mol. The lowest BCUT2D eigenvalue weighted by Gasteiger charge is -1.95. The molecule has 0 amide bonds. The number of hydrogen-bond donors (Lipinski definition) is 0. The number of carbonyl (C=O) groups excluding carboxylic acids is 3. The molecule has 1 aromatic rings. The second-order valence-corrected chi connectivity index (χ2v) is 2.97. The van der Waals surface area contributed by atoms with E-state index in [0.717, 1.165) is 6.92 Å². The number of rotatable bonds is 4. The van der Waals surface area contributed by atoms with Crippen LogP contribution in [0.3, 0.4) is 0 Å². The van der Waals surface area contributed by atoms with Crippen molar-refractivity contribution in [1.82, 2.24) is 0 Å². The van der Waals surface area contributed by atoms with E-state index in [0.29, 0.717) is 11.3 Å². The van der Waals surface area contributed by atoms with Gasteiger partial charge in [0.2, 0.25) is 5.78 Å². The summed E-state index contributed by atoms with van der Waals surface area (Å²) in [6.07, 6.45) is 0.997. The molecule has 1 heterocycles. The van der Waals surface area contributed by atoms with Crippen LogP contribution < -0.4 is 0 Å². The fraction of sp³-hybridized carbons (Fsp3) is 0.300. The Morgan fingerprint density at radius 3 is 2.43 bits per heavy atom. The topological polar surface area (TPSA) is 64.3 Å². The maximum Gasteiger partial charge on any atom is 0.205 e. The van der Waals surface area contributed by atoms with E-state index in [4.69, 9.17) is 4.42 Å². The van der Waals surface area contributed by atoms with Crippen molar-refractivity contribution in [2.45, 2.75) is 20.3 Å². The number of ketones is 3. The van der Waals surface area contributed by atoms with Crippen LogP contribution in [0.2, 0.25) is 0 Å². The van der Waals surface area contributed by atoms with E-state index in [-0.39, 0.29) is 12.2 Å². The molecule has 0 fully saturated rings. The summed E-state index contributed by atoms with van der Waals surface area (Å²) >= 11 is 0. The van der Waals surface area contributed by atoms with Gasteiger partial charge in [-0.1, -0.05) is 0 Å². The van der Waals surface area contributed by atoms with E-state index < -0.39 is 11.6 Å². The number of furan rings is 1. The van der Waals surface area contributed by atoms with Gasteiger partial charge in [-0.3, -0.25) is 14.4 Å². The fourth-order valence-electron chi connectivity index (χ4n) is 1.04. The van der Waals surface area contributed by atoms with Crippen molar-refractivity contribution in [2.75, 3.05) is 0 Å². The van der Waals surface area contributed by atoms with E-state index >= 15 is 0 Å². The van der Waals surface area contributed by atoms with Crippen molar-refractivity contribution in [2.24, 2.45) is 0 Å². The smallest absolute Gasteiger partial charge is 0.205 e. The third-order valence-electron chi connectivity index (χ3n) is 1.87. The lowest BCUT2D eigenvalue weighted by atomic mass is 10.1. The van der Waals surface area contributed by atoms with Crippen LogP contribution in [0.4, 0.5) is 0 Å². The molecule has 0 radical (unpaired) electrons. The summed E-state index contributed by atoms with van der Waals surface area (Å²) in [7, 11) is 0. The molecule has 0 N–H and O–H groups in total. The predicted molar refractivity (Wildman–Crippen MR) is 48.1 cm³/mol. The van der Waals surface area contributed by atoms with Crippen LogP contribution in [-0.2, 0) is 9.59 Å². The molecule has 0 unspecified atom stereocenters. The van der Waals surface area contributed by atoms with Gasteiger partial charge in [-0.2, -0.15) is 0 Å². The molecule has 14 heavy (non-hydrogen) atoms. The summed E-state index contributed by atoms with van der Waals surface area (Å²) in [4.78, 5) is 33.0. The molecule has 4 nitrogen and oxygen atoms in total. The third-order valence-corrected chi connectivity index (χ3v) is 1.87. The second-order valence-electron chi connectivity index (χ2n) is 2.97. The van der Waals surface area contributed by atoms with Gasteiger partial charge in [0.15, 0.2) is 11.6 Å². The first kappa shape index (κ1) is 10.4. The van der Waals surface area contributed by atoms with Gasteiger partial charge < -0.3 is 4.42 Å². The number of aryl methyl sites for hydroxylation is 1. The standard InChI is InChI=1S/C10H10O4/c1-6(11)9(12)5-10(13)8-3-4-14-7(8)2/h3-4H,5H2,1-2H3. The van der Waals surface area contributed by atoms with E-state index in [1.165, 1.54) is 12.3 Å². The Balaban J connectivity index is 2.74. The zero-order valence-corrected chi connectivity index (χ0v) is 7.99. The van der Waals surface area contributed by atoms with Gasteiger partial charge >= 0.3 is 0 Å². The number of hydrogen-bond acceptors (Lipinski definition) is 4. The molecule has 0 bridgehead atoms. The maximum atomic E-state index is 11.4. The van der Waals surface area contributed by atoms with Gasteiger partial charge in [-0.15, -0.1) is 0 Å². The lowest BCUT2D eigenvalue weighted by Crippen LogP contribution is -2.15.